The smallest absolute Gasteiger partial charge is 0.0589 e. The number of ether oxygens (including phenoxy) is 1. The van der Waals surface area contributed by atoms with Crippen molar-refractivity contribution in [2.75, 3.05) is 40.4 Å². The monoisotopic (exact) mass is 216 g/mol. The van der Waals surface area contributed by atoms with Gasteiger partial charge in [0.25, 0.3) is 0 Å². The summed E-state index contributed by atoms with van der Waals surface area (Å²) in [5, 5.41) is 3.47. The van der Waals surface area contributed by atoms with Crippen LogP contribution in [0, 0.1) is 5.92 Å². The van der Waals surface area contributed by atoms with Gasteiger partial charge in [-0.15, -0.1) is 0 Å². The fourth-order valence-electron chi connectivity index (χ4n) is 1.38. The van der Waals surface area contributed by atoms with Crippen LogP contribution in [-0.4, -0.2) is 51.3 Å². The van der Waals surface area contributed by atoms with Crippen LogP contribution in [0.5, 0.6) is 0 Å². The minimum absolute atomic E-state index is 0.625. The zero-order chi connectivity index (χ0) is 11.7. The molecular weight excluding hydrogens is 188 g/mol. The molecule has 3 nitrogen and oxygen atoms in total. The van der Waals surface area contributed by atoms with E-state index < -0.39 is 0 Å². The lowest BCUT2D eigenvalue weighted by atomic mass is 10.2. The number of hydrogen-bond donors (Lipinski definition) is 1. The van der Waals surface area contributed by atoms with Crippen molar-refractivity contribution in [3.05, 3.63) is 0 Å². The number of hydrogen-bond acceptors (Lipinski definition) is 3. The number of nitrogens with one attached hydrogen (secondary N) is 1. The first kappa shape index (κ1) is 14.9. The zero-order valence-corrected chi connectivity index (χ0v) is 11.0. The van der Waals surface area contributed by atoms with Gasteiger partial charge in [0.05, 0.1) is 6.61 Å². The summed E-state index contributed by atoms with van der Waals surface area (Å²) in [7, 11) is 3.91. The van der Waals surface area contributed by atoms with Crippen LogP contribution in [0.4, 0.5) is 0 Å². The van der Waals surface area contributed by atoms with Crippen LogP contribution in [-0.2, 0) is 4.74 Å². The highest BCUT2D eigenvalue weighted by atomic mass is 16.5. The third-order valence-corrected chi connectivity index (χ3v) is 2.69. The molecule has 0 spiro atoms. The normalized spacial score (nSPS) is 13.8. The number of rotatable bonds is 9. The average molecular weight is 216 g/mol. The van der Waals surface area contributed by atoms with Crippen LogP contribution in [0.25, 0.3) is 0 Å². The van der Waals surface area contributed by atoms with Crippen LogP contribution < -0.4 is 5.32 Å². The minimum atomic E-state index is 0.625. The summed E-state index contributed by atoms with van der Waals surface area (Å²) in [5.41, 5.74) is 0. The molecule has 0 bridgehead atoms. The Balaban J connectivity index is 3.42. The maximum Gasteiger partial charge on any atom is 0.0589 e. The largest absolute Gasteiger partial charge is 0.383 e. The van der Waals surface area contributed by atoms with Crippen LogP contribution in [0.2, 0.25) is 0 Å². The maximum absolute atomic E-state index is 5.06. The van der Waals surface area contributed by atoms with E-state index in [0.717, 1.165) is 32.2 Å². The molecule has 0 saturated carbocycles. The van der Waals surface area contributed by atoms with Crippen LogP contribution in [0.1, 0.15) is 27.2 Å². The van der Waals surface area contributed by atoms with E-state index in [0.29, 0.717) is 6.04 Å². The van der Waals surface area contributed by atoms with Crippen molar-refractivity contribution >= 4 is 0 Å². The molecule has 0 aliphatic carbocycles. The van der Waals surface area contributed by atoms with E-state index in [1.807, 2.05) is 0 Å². The highest BCUT2D eigenvalue weighted by molar-refractivity contribution is 4.65. The summed E-state index contributed by atoms with van der Waals surface area (Å²) in [6.07, 6.45) is 1.20. The standard InChI is InChI=1S/C12H28N2O/c1-11(2)10-13-7-6-12(3)14(4)8-9-15-5/h11-13H,6-10H2,1-5H3. The van der Waals surface area contributed by atoms with Gasteiger partial charge in [0.1, 0.15) is 0 Å². The quantitative estimate of drug-likeness (QED) is 0.592. The Bertz CT molecular complexity index is 140. The first-order valence-electron chi connectivity index (χ1n) is 5.97. The van der Waals surface area contributed by atoms with Crippen molar-refractivity contribution in [3.63, 3.8) is 0 Å². The third kappa shape index (κ3) is 8.85. The van der Waals surface area contributed by atoms with Crippen molar-refractivity contribution in [3.8, 4) is 0 Å². The second kappa shape index (κ2) is 9.13. The molecule has 1 N–H and O–H groups in total. The minimum Gasteiger partial charge on any atom is -0.383 e. The molecule has 0 aromatic carbocycles. The molecule has 0 aliphatic heterocycles. The predicted octanol–water partition coefficient (Wildman–Crippen LogP) is 1.59. The second-order valence-corrected chi connectivity index (χ2v) is 4.71. The highest BCUT2D eigenvalue weighted by Crippen LogP contribution is 1.99. The van der Waals surface area contributed by atoms with Crippen molar-refractivity contribution in [1.29, 1.82) is 0 Å². The molecule has 0 aromatic rings. The van der Waals surface area contributed by atoms with Gasteiger partial charge in [-0.1, -0.05) is 13.8 Å². The molecule has 0 saturated heterocycles. The molecule has 15 heavy (non-hydrogen) atoms. The zero-order valence-electron chi connectivity index (χ0n) is 11.0. The van der Waals surface area contributed by atoms with Gasteiger partial charge in [-0.3, -0.25) is 0 Å². The predicted molar refractivity (Wildman–Crippen MR) is 66.3 cm³/mol. The first-order valence-corrected chi connectivity index (χ1v) is 5.97. The van der Waals surface area contributed by atoms with Gasteiger partial charge in [0.15, 0.2) is 0 Å². The number of likely N-dealkylation sites (N-methyl/N-ethyl adjacent to an activating group) is 1. The van der Waals surface area contributed by atoms with E-state index in [1.165, 1.54) is 6.42 Å². The SMILES string of the molecule is COCCN(C)C(C)CCNCC(C)C. The molecule has 0 aromatic heterocycles. The van der Waals surface area contributed by atoms with E-state index >= 15 is 0 Å². The summed E-state index contributed by atoms with van der Waals surface area (Å²) < 4.78 is 5.06. The Hall–Kier alpha value is -0.120. The molecule has 0 radical (unpaired) electrons. The van der Waals surface area contributed by atoms with E-state index in [1.54, 1.807) is 7.11 Å². The molecule has 0 amide bonds. The van der Waals surface area contributed by atoms with Gasteiger partial charge in [-0.05, 0) is 39.4 Å². The van der Waals surface area contributed by atoms with Crippen molar-refractivity contribution in [2.45, 2.75) is 33.2 Å². The van der Waals surface area contributed by atoms with Crippen molar-refractivity contribution in [1.82, 2.24) is 10.2 Å². The summed E-state index contributed by atoms with van der Waals surface area (Å²) >= 11 is 0. The lowest BCUT2D eigenvalue weighted by molar-refractivity contribution is 0.140. The Morgan fingerprint density at radius 2 is 1.93 bits per heavy atom. The van der Waals surface area contributed by atoms with E-state index in [4.69, 9.17) is 4.74 Å². The molecule has 0 aliphatic rings. The van der Waals surface area contributed by atoms with E-state index in [2.05, 4.69) is 38.0 Å². The third-order valence-electron chi connectivity index (χ3n) is 2.69. The average Bonchev–Trinajstić information content (AvgIpc) is 2.20. The molecule has 1 atom stereocenters. The number of methoxy groups -OCH3 is 1. The maximum atomic E-state index is 5.06. The summed E-state index contributed by atoms with van der Waals surface area (Å²) in [6, 6.07) is 0.625. The summed E-state index contributed by atoms with van der Waals surface area (Å²) in [5.74, 6) is 0.742. The van der Waals surface area contributed by atoms with E-state index in [-0.39, 0.29) is 0 Å². The topological polar surface area (TPSA) is 24.5 Å². The fourth-order valence-corrected chi connectivity index (χ4v) is 1.38. The summed E-state index contributed by atoms with van der Waals surface area (Å²) in [6.45, 7) is 10.8. The molecule has 1 unspecified atom stereocenters. The Morgan fingerprint density at radius 1 is 1.27 bits per heavy atom. The van der Waals surface area contributed by atoms with Crippen LogP contribution in [0.3, 0.4) is 0 Å². The molecule has 0 heterocycles. The van der Waals surface area contributed by atoms with Gasteiger partial charge >= 0.3 is 0 Å². The Labute approximate surface area is 95.2 Å². The summed E-state index contributed by atoms with van der Waals surface area (Å²) in [4.78, 5) is 2.35. The molecule has 3 heteroatoms. The van der Waals surface area contributed by atoms with Gasteiger partial charge in [-0.2, -0.15) is 0 Å². The highest BCUT2D eigenvalue weighted by Gasteiger charge is 2.07. The van der Waals surface area contributed by atoms with Gasteiger partial charge < -0.3 is 15.0 Å². The lowest BCUT2D eigenvalue weighted by Gasteiger charge is -2.24. The second-order valence-electron chi connectivity index (χ2n) is 4.71. The lowest BCUT2D eigenvalue weighted by Crippen LogP contribution is -2.35. The fraction of sp³-hybridized carbons (Fsp3) is 1.00. The molecule has 0 rings (SSSR count). The van der Waals surface area contributed by atoms with Crippen molar-refractivity contribution in [2.24, 2.45) is 5.92 Å². The number of nitrogens with zero attached hydrogens (tertiary/aromatic N) is 1. The molecule has 0 fully saturated rings. The van der Waals surface area contributed by atoms with Gasteiger partial charge in [0.2, 0.25) is 0 Å². The van der Waals surface area contributed by atoms with Gasteiger partial charge in [0, 0.05) is 19.7 Å². The van der Waals surface area contributed by atoms with E-state index in [9.17, 15) is 0 Å². The molecule has 92 valence electrons. The Kier molecular flexibility index (Phi) is 9.06. The van der Waals surface area contributed by atoms with Crippen LogP contribution >= 0.6 is 0 Å². The Morgan fingerprint density at radius 3 is 2.47 bits per heavy atom. The first-order chi connectivity index (χ1) is 7.07. The van der Waals surface area contributed by atoms with Crippen LogP contribution in [0.15, 0.2) is 0 Å². The van der Waals surface area contributed by atoms with Crippen molar-refractivity contribution < 1.29 is 4.74 Å². The molecular formula is C12H28N2O. The van der Waals surface area contributed by atoms with Gasteiger partial charge in [-0.25, -0.2) is 0 Å².